The molecule has 3 aliphatic rings. The summed E-state index contributed by atoms with van der Waals surface area (Å²) in [7, 11) is 1.54. The molecule has 0 bridgehead atoms. The van der Waals surface area contributed by atoms with Crippen LogP contribution in [0.15, 0.2) is 23.1 Å². The Morgan fingerprint density at radius 3 is 2.72 bits per heavy atom. The van der Waals surface area contributed by atoms with E-state index in [4.69, 9.17) is 4.74 Å². The second-order valence-corrected chi connectivity index (χ2v) is 8.54. The van der Waals surface area contributed by atoms with Crippen LogP contribution < -0.4 is 15.1 Å². The fourth-order valence-corrected chi connectivity index (χ4v) is 5.26. The molecule has 5 rings (SSSR count). The van der Waals surface area contributed by atoms with Gasteiger partial charge in [0.2, 0.25) is 5.91 Å². The highest BCUT2D eigenvalue weighted by atomic mass is 19.1. The number of aromatic nitrogens is 1. The van der Waals surface area contributed by atoms with Crippen molar-refractivity contribution in [1.29, 1.82) is 0 Å². The van der Waals surface area contributed by atoms with Gasteiger partial charge in [0, 0.05) is 44.9 Å². The molecule has 1 aromatic heterocycles. The molecule has 1 aromatic carbocycles. The van der Waals surface area contributed by atoms with Gasteiger partial charge in [-0.25, -0.2) is 4.39 Å². The highest BCUT2D eigenvalue weighted by Gasteiger charge is 2.42. The maximum absolute atomic E-state index is 15.3. The number of benzene rings is 1. The van der Waals surface area contributed by atoms with Gasteiger partial charge in [0.1, 0.15) is 5.69 Å². The number of piperidine rings is 1. The van der Waals surface area contributed by atoms with Gasteiger partial charge in [0.05, 0.1) is 24.1 Å². The lowest BCUT2D eigenvalue weighted by Gasteiger charge is -2.36. The largest absolute Gasteiger partial charge is 0.492 e. The molecule has 29 heavy (non-hydrogen) atoms. The average Bonchev–Trinajstić information content (AvgIpc) is 3.45. The summed E-state index contributed by atoms with van der Waals surface area (Å²) in [4.78, 5) is 28.5. The van der Waals surface area contributed by atoms with Crippen molar-refractivity contribution in [3.05, 3.63) is 34.4 Å². The number of carbonyl (C=O) groups excluding carboxylic acids is 1. The lowest BCUT2D eigenvalue weighted by Crippen LogP contribution is -2.47. The van der Waals surface area contributed by atoms with E-state index < -0.39 is 5.82 Å². The quantitative estimate of drug-likeness (QED) is 0.796. The number of amides is 1. The van der Waals surface area contributed by atoms with Crippen molar-refractivity contribution in [2.24, 2.45) is 5.92 Å². The van der Waals surface area contributed by atoms with Crippen LogP contribution in [-0.4, -0.2) is 48.2 Å². The number of methoxy groups -OCH3 is 1. The molecule has 3 heterocycles. The lowest BCUT2D eigenvalue weighted by molar-refractivity contribution is -0.132. The average molecular weight is 399 g/mol. The summed E-state index contributed by atoms with van der Waals surface area (Å²) in [5, 5.41) is 0.361. The minimum Gasteiger partial charge on any atom is -0.492 e. The summed E-state index contributed by atoms with van der Waals surface area (Å²) in [6.07, 6.45) is 5.92. The van der Waals surface area contributed by atoms with Crippen LogP contribution in [0.2, 0.25) is 0 Å². The highest BCUT2D eigenvalue weighted by molar-refractivity contribution is 5.91. The van der Waals surface area contributed by atoms with Gasteiger partial charge in [-0.3, -0.25) is 9.59 Å². The summed E-state index contributed by atoms with van der Waals surface area (Å²) in [6.45, 7) is 3.65. The van der Waals surface area contributed by atoms with E-state index in [0.29, 0.717) is 47.4 Å². The van der Waals surface area contributed by atoms with E-state index in [1.165, 1.54) is 19.2 Å². The van der Waals surface area contributed by atoms with Crippen LogP contribution in [0.3, 0.4) is 0 Å². The zero-order valence-electron chi connectivity index (χ0n) is 16.9. The van der Waals surface area contributed by atoms with Crippen LogP contribution in [-0.2, 0) is 4.79 Å². The normalized spacial score (nSPS) is 24.1. The number of ether oxygens (including phenoxy) is 1. The van der Waals surface area contributed by atoms with Gasteiger partial charge in [-0.15, -0.1) is 0 Å². The monoisotopic (exact) mass is 399 g/mol. The molecule has 2 aromatic rings. The van der Waals surface area contributed by atoms with Gasteiger partial charge in [0.15, 0.2) is 17.0 Å². The Kier molecular flexibility index (Phi) is 4.29. The molecule has 0 radical (unpaired) electrons. The standard InChI is InChI=1S/C22H26FN3O3/c1-13(27)25-8-3-4-14-11-24(12-18(14)25)21-17(23)10-16-19(28)7-9-26(15-5-6-15)20(16)22(21)29-2/h7,9-10,14-15,18H,3-6,8,11-12H2,1-2H3. The van der Waals surface area contributed by atoms with Crippen LogP contribution >= 0.6 is 0 Å². The van der Waals surface area contributed by atoms with Gasteiger partial charge in [-0.2, -0.15) is 0 Å². The van der Waals surface area contributed by atoms with Crippen molar-refractivity contribution < 1.29 is 13.9 Å². The van der Waals surface area contributed by atoms with Gasteiger partial charge < -0.3 is 19.1 Å². The van der Waals surface area contributed by atoms with E-state index in [0.717, 1.165) is 32.2 Å². The Hall–Kier alpha value is -2.57. The molecule has 2 atom stereocenters. The first kappa shape index (κ1) is 18.5. The first-order valence-electron chi connectivity index (χ1n) is 10.4. The fraction of sp³-hybridized carbons (Fsp3) is 0.545. The Bertz CT molecular complexity index is 1050. The van der Waals surface area contributed by atoms with Gasteiger partial charge >= 0.3 is 0 Å². The molecule has 2 saturated heterocycles. The zero-order valence-corrected chi connectivity index (χ0v) is 16.9. The molecular weight excluding hydrogens is 373 g/mol. The molecule has 3 fully saturated rings. The van der Waals surface area contributed by atoms with Crippen molar-refractivity contribution in [2.75, 3.05) is 31.6 Å². The van der Waals surface area contributed by atoms with Crippen LogP contribution in [0.4, 0.5) is 10.1 Å². The molecule has 1 aliphatic carbocycles. The fourth-order valence-electron chi connectivity index (χ4n) is 5.26. The second kappa shape index (κ2) is 6.75. The number of hydrogen-bond donors (Lipinski definition) is 0. The van der Waals surface area contributed by atoms with Crippen molar-refractivity contribution in [1.82, 2.24) is 9.47 Å². The first-order chi connectivity index (χ1) is 14.0. The van der Waals surface area contributed by atoms with E-state index >= 15 is 4.39 Å². The predicted molar refractivity (Wildman–Crippen MR) is 109 cm³/mol. The van der Waals surface area contributed by atoms with Gasteiger partial charge in [0.25, 0.3) is 0 Å². The Morgan fingerprint density at radius 2 is 2.03 bits per heavy atom. The van der Waals surface area contributed by atoms with E-state index in [1.54, 1.807) is 13.1 Å². The summed E-state index contributed by atoms with van der Waals surface area (Å²) in [5.74, 6) is 0.398. The second-order valence-electron chi connectivity index (χ2n) is 8.54. The summed E-state index contributed by atoms with van der Waals surface area (Å²) < 4.78 is 23.1. The minimum absolute atomic E-state index is 0.0788. The maximum atomic E-state index is 15.3. The third-order valence-corrected chi connectivity index (χ3v) is 6.74. The topological polar surface area (TPSA) is 54.8 Å². The molecule has 6 nitrogen and oxygen atoms in total. The SMILES string of the molecule is COc1c(N2CC3CCCN(C(C)=O)C3C2)c(F)cc2c(=O)ccn(C3CC3)c12. The number of nitrogens with zero attached hydrogens (tertiary/aromatic N) is 3. The minimum atomic E-state index is -0.437. The molecule has 7 heteroatoms. The molecule has 154 valence electrons. The van der Waals surface area contributed by atoms with Crippen LogP contribution in [0.25, 0.3) is 10.9 Å². The van der Waals surface area contributed by atoms with Crippen molar-refractivity contribution >= 4 is 22.5 Å². The number of fused-ring (bicyclic) bond motifs is 2. The smallest absolute Gasteiger partial charge is 0.219 e. The molecule has 1 saturated carbocycles. The molecule has 1 amide bonds. The highest BCUT2D eigenvalue weighted by Crippen LogP contribution is 2.45. The van der Waals surface area contributed by atoms with E-state index in [1.807, 2.05) is 9.80 Å². The summed E-state index contributed by atoms with van der Waals surface area (Å²) in [6, 6.07) is 3.30. The Labute approximate surface area is 168 Å². The Morgan fingerprint density at radius 1 is 1.24 bits per heavy atom. The summed E-state index contributed by atoms with van der Waals surface area (Å²) >= 11 is 0. The lowest BCUT2D eigenvalue weighted by atomic mass is 9.92. The number of halogens is 1. The molecule has 2 unspecified atom stereocenters. The van der Waals surface area contributed by atoms with Crippen LogP contribution in [0, 0.1) is 11.7 Å². The first-order valence-corrected chi connectivity index (χ1v) is 10.4. The third kappa shape index (κ3) is 2.90. The number of carbonyl (C=O) groups is 1. The molecule has 2 aliphatic heterocycles. The molecular formula is C22H26FN3O3. The van der Waals surface area contributed by atoms with Crippen molar-refractivity contribution in [3.8, 4) is 5.75 Å². The number of rotatable bonds is 3. The third-order valence-electron chi connectivity index (χ3n) is 6.74. The maximum Gasteiger partial charge on any atom is 0.219 e. The van der Waals surface area contributed by atoms with E-state index in [9.17, 15) is 9.59 Å². The predicted octanol–water partition coefficient (Wildman–Crippen LogP) is 2.93. The zero-order chi connectivity index (χ0) is 20.3. The number of likely N-dealkylation sites (tertiary alicyclic amines) is 1. The van der Waals surface area contributed by atoms with Crippen LogP contribution in [0.5, 0.6) is 5.75 Å². The van der Waals surface area contributed by atoms with Gasteiger partial charge in [-0.1, -0.05) is 0 Å². The van der Waals surface area contributed by atoms with Crippen molar-refractivity contribution in [2.45, 2.75) is 44.7 Å². The van der Waals surface area contributed by atoms with Crippen molar-refractivity contribution in [3.63, 3.8) is 0 Å². The number of anilines is 1. The number of pyridine rings is 1. The molecule has 0 N–H and O–H groups in total. The van der Waals surface area contributed by atoms with Crippen LogP contribution in [0.1, 0.15) is 38.6 Å². The number of hydrogen-bond acceptors (Lipinski definition) is 4. The van der Waals surface area contributed by atoms with E-state index in [-0.39, 0.29) is 17.4 Å². The molecule has 0 spiro atoms. The van der Waals surface area contributed by atoms with E-state index in [2.05, 4.69) is 4.57 Å². The summed E-state index contributed by atoms with van der Waals surface area (Å²) in [5.41, 5.74) is 0.897. The van der Waals surface area contributed by atoms with Gasteiger partial charge in [-0.05, 0) is 37.7 Å². The Balaban J connectivity index is 1.64.